The molecule has 0 atom stereocenters. The van der Waals surface area contributed by atoms with Gasteiger partial charge in [-0.05, 0) is 37.9 Å². The van der Waals surface area contributed by atoms with E-state index in [2.05, 4.69) is 10.6 Å². The molecule has 5 nitrogen and oxygen atoms in total. The molecule has 1 aromatic rings. The van der Waals surface area contributed by atoms with Gasteiger partial charge in [0.25, 0.3) is 0 Å². The maximum absolute atomic E-state index is 11.6. The van der Waals surface area contributed by atoms with Crippen molar-refractivity contribution in [3.63, 3.8) is 0 Å². The van der Waals surface area contributed by atoms with Crippen molar-refractivity contribution >= 4 is 11.7 Å². The molecule has 98 valence electrons. The lowest BCUT2D eigenvalue weighted by molar-refractivity contribution is 0.250. The van der Waals surface area contributed by atoms with E-state index < -0.39 is 0 Å². The van der Waals surface area contributed by atoms with Crippen molar-refractivity contribution in [3.05, 3.63) is 23.8 Å². The van der Waals surface area contributed by atoms with Crippen molar-refractivity contribution in [3.8, 4) is 5.75 Å². The number of carbonyl (C=O) groups excluding carboxylic acids is 1. The summed E-state index contributed by atoms with van der Waals surface area (Å²) in [5.41, 5.74) is 1.96. The lowest BCUT2D eigenvalue weighted by Crippen LogP contribution is -2.34. The molecule has 0 saturated carbocycles. The Morgan fingerprint density at radius 2 is 2.28 bits per heavy atom. The maximum Gasteiger partial charge on any atom is 0.319 e. The summed E-state index contributed by atoms with van der Waals surface area (Å²) in [6, 6.07) is 5.55. The molecule has 0 spiro atoms. The molecule has 0 aromatic heterocycles. The quantitative estimate of drug-likeness (QED) is 0.846. The minimum absolute atomic E-state index is 0.171. The van der Waals surface area contributed by atoms with Crippen LogP contribution >= 0.6 is 0 Å². The van der Waals surface area contributed by atoms with E-state index in [9.17, 15) is 4.79 Å². The average Bonchev–Trinajstić information content (AvgIpc) is 2.75. The van der Waals surface area contributed by atoms with Gasteiger partial charge in [0.15, 0.2) is 0 Å². The molecule has 0 unspecified atom stereocenters. The molecule has 0 radical (unpaired) electrons. The topological polar surface area (TPSA) is 53.6 Å². The van der Waals surface area contributed by atoms with Crippen molar-refractivity contribution in [2.75, 3.05) is 39.1 Å². The molecule has 0 fully saturated rings. The normalized spacial score (nSPS) is 13.1. The number of amides is 2. The van der Waals surface area contributed by atoms with Gasteiger partial charge < -0.3 is 20.3 Å². The van der Waals surface area contributed by atoms with E-state index in [1.165, 1.54) is 0 Å². The number of ether oxygens (including phenoxy) is 1. The van der Waals surface area contributed by atoms with Crippen LogP contribution in [0.4, 0.5) is 10.5 Å². The van der Waals surface area contributed by atoms with Gasteiger partial charge in [-0.1, -0.05) is 0 Å². The van der Waals surface area contributed by atoms with Gasteiger partial charge in [-0.15, -0.1) is 0 Å². The van der Waals surface area contributed by atoms with Crippen LogP contribution in [0.3, 0.4) is 0 Å². The lowest BCUT2D eigenvalue weighted by atomic mass is 10.1. The zero-order chi connectivity index (χ0) is 13.0. The highest BCUT2D eigenvalue weighted by Crippen LogP contribution is 2.27. The Bertz CT molecular complexity index is 432. The van der Waals surface area contributed by atoms with Crippen molar-refractivity contribution in [2.24, 2.45) is 0 Å². The number of rotatable bonds is 4. The third kappa shape index (κ3) is 3.37. The van der Waals surface area contributed by atoms with Gasteiger partial charge in [-0.3, -0.25) is 0 Å². The van der Waals surface area contributed by atoms with Crippen molar-refractivity contribution in [1.29, 1.82) is 0 Å². The zero-order valence-corrected chi connectivity index (χ0v) is 10.8. The highest BCUT2D eigenvalue weighted by Gasteiger charge is 2.12. The first-order chi connectivity index (χ1) is 8.65. The summed E-state index contributed by atoms with van der Waals surface area (Å²) in [7, 11) is 3.94. The van der Waals surface area contributed by atoms with Gasteiger partial charge in [-0.2, -0.15) is 0 Å². The van der Waals surface area contributed by atoms with E-state index in [1.54, 1.807) is 0 Å². The number of nitrogens with one attached hydrogen (secondary N) is 2. The van der Waals surface area contributed by atoms with E-state index in [0.717, 1.165) is 36.6 Å². The number of carbonyl (C=O) groups is 1. The molecule has 0 saturated heterocycles. The van der Waals surface area contributed by atoms with Gasteiger partial charge >= 0.3 is 6.03 Å². The highest BCUT2D eigenvalue weighted by atomic mass is 16.5. The number of anilines is 1. The number of fused-ring (bicyclic) bond motifs is 1. The first-order valence-electron chi connectivity index (χ1n) is 6.10. The predicted molar refractivity (Wildman–Crippen MR) is 71.2 cm³/mol. The third-order valence-corrected chi connectivity index (χ3v) is 2.79. The molecule has 2 rings (SSSR count). The fourth-order valence-electron chi connectivity index (χ4n) is 1.83. The molecule has 1 aliphatic heterocycles. The van der Waals surface area contributed by atoms with Gasteiger partial charge in [0, 0.05) is 25.2 Å². The summed E-state index contributed by atoms with van der Waals surface area (Å²) < 4.78 is 5.42. The van der Waals surface area contributed by atoms with E-state index in [-0.39, 0.29) is 6.03 Å². The molecule has 1 aromatic carbocycles. The van der Waals surface area contributed by atoms with Gasteiger partial charge in [0.1, 0.15) is 5.75 Å². The highest BCUT2D eigenvalue weighted by molar-refractivity contribution is 5.89. The fraction of sp³-hybridized carbons (Fsp3) is 0.462. The molecule has 2 N–H and O–H groups in total. The molecule has 0 aliphatic carbocycles. The van der Waals surface area contributed by atoms with Crippen LogP contribution in [0.1, 0.15) is 5.56 Å². The molecular formula is C13H19N3O2. The average molecular weight is 249 g/mol. The van der Waals surface area contributed by atoms with Crippen LogP contribution in [0.15, 0.2) is 18.2 Å². The summed E-state index contributed by atoms with van der Waals surface area (Å²) in [6.45, 7) is 2.19. The summed E-state index contributed by atoms with van der Waals surface area (Å²) in [6.07, 6.45) is 0.910. The Labute approximate surface area is 107 Å². The minimum atomic E-state index is -0.171. The first-order valence-corrected chi connectivity index (χ1v) is 6.10. The number of benzene rings is 1. The summed E-state index contributed by atoms with van der Waals surface area (Å²) in [5.74, 6) is 0.925. The molecule has 5 heteroatoms. The van der Waals surface area contributed by atoms with Crippen LogP contribution in [0.5, 0.6) is 5.75 Å². The Hall–Kier alpha value is -1.75. The zero-order valence-electron chi connectivity index (χ0n) is 10.8. The minimum Gasteiger partial charge on any atom is -0.493 e. The second kappa shape index (κ2) is 5.73. The number of nitrogens with zero attached hydrogens (tertiary/aromatic N) is 1. The van der Waals surface area contributed by atoms with Crippen LogP contribution in [-0.4, -0.2) is 44.7 Å². The Morgan fingerprint density at radius 3 is 3.06 bits per heavy atom. The van der Waals surface area contributed by atoms with E-state index in [4.69, 9.17) is 4.74 Å². The molecule has 0 bridgehead atoms. The monoisotopic (exact) mass is 249 g/mol. The third-order valence-electron chi connectivity index (χ3n) is 2.79. The van der Waals surface area contributed by atoms with Gasteiger partial charge in [-0.25, -0.2) is 4.79 Å². The number of likely N-dealkylation sites (N-methyl/N-ethyl adjacent to an activating group) is 1. The van der Waals surface area contributed by atoms with Gasteiger partial charge in [0.05, 0.1) is 6.61 Å². The Balaban J connectivity index is 1.84. The van der Waals surface area contributed by atoms with Crippen molar-refractivity contribution in [2.45, 2.75) is 6.42 Å². The first kappa shape index (κ1) is 12.7. The summed E-state index contributed by atoms with van der Waals surface area (Å²) >= 11 is 0. The second-order valence-electron chi connectivity index (χ2n) is 4.61. The molecule has 2 amide bonds. The summed E-state index contributed by atoms with van der Waals surface area (Å²) in [4.78, 5) is 13.6. The largest absolute Gasteiger partial charge is 0.493 e. The second-order valence-corrected chi connectivity index (χ2v) is 4.61. The smallest absolute Gasteiger partial charge is 0.319 e. The van der Waals surface area contributed by atoms with Crippen LogP contribution in [-0.2, 0) is 6.42 Å². The SMILES string of the molecule is CN(C)CCNC(=O)Nc1ccc2c(c1)CCO2. The van der Waals surface area contributed by atoms with E-state index >= 15 is 0 Å². The number of hydrogen-bond donors (Lipinski definition) is 2. The van der Waals surface area contributed by atoms with E-state index in [1.807, 2.05) is 37.2 Å². The fourth-order valence-corrected chi connectivity index (χ4v) is 1.83. The maximum atomic E-state index is 11.6. The van der Waals surface area contributed by atoms with Crippen LogP contribution in [0, 0.1) is 0 Å². The number of hydrogen-bond acceptors (Lipinski definition) is 3. The molecular weight excluding hydrogens is 230 g/mol. The van der Waals surface area contributed by atoms with Crippen molar-refractivity contribution in [1.82, 2.24) is 10.2 Å². The van der Waals surface area contributed by atoms with E-state index in [0.29, 0.717) is 6.54 Å². The predicted octanol–water partition coefficient (Wildman–Crippen LogP) is 1.30. The summed E-state index contributed by atoms with van der Waals surface area (Å²) in [5, 5.41) is 5.63. The van der Waals surface area contributed by atoms with Crippen LogP contribution in [0.2, 0.25) is 0 Å². The Morgan fingerprint density at radius 1 is 1.44 bits per heavy atom. The lowest BCUT2D eigenvalue weighted by Gasteiger charge is -2.11. The molecule has 1 heterocycles. The standard InChI is InChI=1S/C13H19N3O2/c1-16(2)7-6-14-13(17)15-11-3-4-12-10(9-11)5-8-18-12/h3-4,9H,5-8H2,1-2H3,(H2,14,15,17). The van der Waals surface area contributed by atoms with Crippen LogP contribution in [0.25, 0.3) is 0 Å². The van der Waals surface area contributed by atoms with Crippen molar-refractivity contribution < 1.29 is 9.53 Å². The molecule has 18 heavy (non-hydrogen) atoms. The Kier molecular flexibility index (Phi) is 4.04. The number of urea groups is 1. The molecule has 1 aliphatic rings. The van der Waals surface area contributed by atoms with Crippen LogP contribution < -0.4 is 15.4 Å². The van der Waals surface area contributed by atoms with Gasteiger partial charge in [0.2, 0.25) is 0 Å².